The van der Waals surface area contributed by atoms with Gasteiger partial charge in [0.25, 0.3) is 0 Å². The van der Waals surface area contributed by atoms with Gasteiger partial charge in [0.15, 0.2) is 0 Å². The molecule has 0 aliphatic rings. The van der Waals surface area contributed by atoms with Crippen LogP contribution in [0.4, 0.5) is 0 Å². The minimum absolute atomic E-state index is 0.754. The molecule has 0 rings (SSSR count). The van der Waals surface area contributed by atoms with Crippen LogP contribution in [-0.4, -0.2) is 26.1 Å². The van der Waals surface area contributed by atoms with E-state index in [2.05, 4.69) is 30.5 Å². The van der Waals surface area contributed by atoms with Crippen LogP contribution in [0.5, 0.6) is 0 Å². The van der Waals surface area contributed by atoms with Crippen molar-refractivity contribution in [3.63, 3.8) is 0 Å². The maximum atomic E-state index is 9.84. The molecule has 0 atom stereocenters. The second kappa shape index (κ2) is 29.8. The van der Waals surface area contributed by atoms with E-state index in [1.165, 1.54) is 36.5 Å². The molecule has 0 aromatic heterocycles. The number of nitrogens with one attached hydrogen (secondary N) is 1. The van der Waals surface area contributed by atoms with Crippen LogP contribution in [0.3, 0.4) is 0 Å². The van der Waals surface area contributed by atoms with Gasteiger partial charge in [-0.15, -0.1) is 29.0 Å². The van der Waals surface area contributed by atoms with E-state index in [0.717, 1.165) is 25.7 Å². The van der Waals surface area contributed by atoms with Crippen LogP contribution in [0, 0.1) is 0 Å². The van der Waals surface area contributed by atoms with Crippen molar-refractivity contribution in [3.05, 3.63) is 12.7 Å². The van der Waals surface area contributed by atoms with Crippen LogP contribution in [0.1, 0.15) is 45.4 Å². The molecule has 0 radical (unpaired) electrons. The minimum atomic E-state index is 0.754. The standard InChI is InChI=1S/C8H16O.C4H9N.CH4S2/c1-2-3-4-5-6-7-8-9;1-3-4-5-2;1-3-2/h8H,2-7H2,1H3;3,5H,1,4H2,2H3;2H,1H3. The van der Waals surface area contributed by atoms with Gasteiger partial charge in [0.1, 0.15) is 6.29 Å². The van der Waals surface area contributed by atoms with E-state index in [9.17, 15) is 4.79 Å². The average molecular weight is 280 g/mol. The Balaban J connectivity index is -0.000000207. The second-order valence-electron chi connectivity index (χ2n) is 3.40. The highest BCUT2D eigenvalue weighted by atomic mass is 33.1. The van der Waals surface area contributed by atoms with Gasteiger partial charge in [0.05, 0.1) is 0 Å². The largest absolute Gasteiger partial charge is 0.316 e. The van der Waals surface area contributed by atoms with Crippen LogP contribution in [0.2, 0.25) is 0 Å². The van der Waals surface area contributed by atoms with E-state index in [-0.39, 0.29) is 0 Å². The third-order valence-electron chi connectivity index (χ3n) is 1.77. The summed E-state index contributed by atoms with van der Waals surface area (Å²) in [6.07, 6.45) is 11.7. The molecule has 0 heterocycles. The number of rotatable bonds is 8. The first-order valence-corrected chi connectivity index (χ1v) is 8.39. The number of carbonyl (C=O) groups is 1. The number of unbranched alkanes of at least 4 members (excludes halogenated alkanes) is 5. The van der Waals surface area contributed by atoms with Gasteiger partial charge in [-0.2, -0.15) is 0 Å². The molecule has 0 bridgehead atoms. The highest BCUT2D eigenvalue weighted by Crippen LogP contribution is 2.02. The van der Waals surface area contributed by atoms with E-state index in [4.69, 9.17) is 0 Å². The SMILES string of the molecule is C=CCNC.CCCCCCCC=O.CSS. The lowest BCUT2D eigenvalue weighted by Gasteiger charge is -1.93. The van der Waals surface area contributed by atoms with E-state index in [1.807, 2.05) is 19.4 Å². The Morgan fingerprint density at radius 1 is 1.29 bits per heavy atom. The van der Waals surface area contributed by atoms with Crippen molar-refractivity contribution in [2.45, 2.75) is 45.4 Å². The summed E-state index contributed by atoms with van der Waals surface area (Å²) in [7, 11) is 3.34. The lowest BCUT2D eigenvalue weighted by atomic mass is 10.1. The molecule has 0 saturated carbocycles. The smallest absolute Gasteiger partial charge is 0.119 e. The summed E-state index contributed by atoms with van der Waals surface area (Å²) < 4.78 is 0. The summed E-state index contributed by atoms with van der Waals surface area (Å²) in [6, 6.07) is 0. The van der Waals surface area contributed by atoms with Crippen molar-refractivity contribution in [1.29, 1.82) is 0 Å². The summed E-state index contributed by atoms with van der Waals surface area (Å²) in [4.78, 5) is 9.84. The Morgan fingerprint density at radius 2 is 1.82 bits per heavy atom. The Labute approximate surface area is 117 Å². The summed E-state index contributed by atoms with van der Waals surface area (Å²) in [5.41, 5.74) is 0. The first-order valence-electron chi connectivity index (χ1n) is 6.11. The van der Waals surface area contributed by atoms with Crippen LogP contribution >= 0.6 is 22.5 Å². The van der Waals surface area contributed by atoms with Gasteiger partial charge in [-0.25, -0.2) is 0 Å². The van der Waals surface area contributed by atoms with Crippen molar-refractivity contribution >= 4 is 28.7 Å². The van der Waals surface area contributed by atoms with Crippen molar-refractivity contribution in [3.8, 4) is 0 Å². The predicted molar refractivity (Wildman–Crippen MR) is 86.1 cm³/mol. The van der Waals surface area contributed by atoms with Gasteiger partial charge in [-0.05, 0) is 19.7 Å². The molecule has 0 unspecified atom stereocenters. The molecule has 4 heteroatoms. The maximum absolute atomic E-state index is 9.84. The third-order valence-corrected chi connectivity index (χ3v) is 1.77. The fraction of sp³-hybridized carbons (Fsp3) is 0.769. The molecule has 104 valence electrons. The van der Waals surface area contributed by atoms with Crippen LogP contribution < -0.4 is 5.32 Å². The molecule has 0 fully saturated rings. The van der Waals surface area contributed by atoms with Gasteiger partial charge in [-0.1, -0.05) is 38.7 Å². The highest BCUT2D eigenvalue weighted by Gasteiger charge is 1.85. The van der Waals surface area contributed by atoms with Crippen molar-refractivity contribution in [1.82, 2.24) is 5.32 Å². The Bertz CT molecular complexity index is 133. The maximum Gasteiger partial charge on any atom is 0.119 e. The van der Waals surface area contributed by atoms with E-state index >= 15 is 0 Å². The van der Waals surface area contributed by atoms with Gasteiger partial charge in [0, 0.05) is 13.0 Å². The summed E-state index contributed by atoms with van der Waals surface area (Å²) >= 11 is 3.71. The van der Waals surface area contributed by atoms with E-state index in [0.29, 0.717) is 0 Å². The molecular formula is C13H29NOS2. The van der Waals surface area contributed by atoms with Gasteiger partial charge in [-0.3, -0.25) is 0 Å². The van der Waals surface area contributed by atoms with Crippen LogP contribution in [0.15, 0.2) is 12.7 Å². The van der Waals surface area contributed by atoms with Crippen molar-refractivity contribution in [2.75, 3.05) is 19.8 Å². The first kappa shape index (κ1) is 22.3. The molecule has 1 N–H and O–H groups in total. The Morgan fingerprint density at radius 3 is 2.12 bits per heavy atom. The third kappa shape index (κ3) is 48.8. The van der Waals surface area contributed by atoms with Crippen LogP contribution in [0.25, 0.3) is 0 Å². The van der Waals surface area contributed by atoms with Crippen molar-refractivity contribution in [2.24, 2.45) is 0 Å². The molecular weight excluding hydrogens is 250 g/mol. The fourth-order valence-electron chi connectivity index (χ4n) is 0.976. The Hall–Kier alpha value is 0.0700. The number of hydrogen-bond acceptors (Lipinski definition) is 4. The molecule has 0 saturated heterocycles. The number of aldehydes is 1. The monoisotopic (exact) mass is 279 g/mol. The van der Waals surface area contributed by atoms with Gasteiger partial charge >= 0.3 is 0 Å². The van der Waals surface area contributed by atoms with Gasteiger partial charge < -0.3 is 10.1 Å². The number of likely N-dealkylation sites (N-methyl/N-ethyl adjacent to an activating group) is 1. The molecule has 0 aromatic carbocycles. The summed E-state index contributed by atoms with van der Waals surface area (Å²) in [5, 5.41) is 2.90. The fourth-order valence-corrected chi connectivity index (χ4v) is 0.976. The zero-order valence-corrected chi connectivity index (χ0v) is 13.3. The summed E-state index contributed by atoms with van der Waals surface area (Å²) in [6.45, 7) is 6.58. The molecule has 0 amide bonds. The predicted octanol–water partition coefficient (Wildman–Crippen LogP) is 4.13. The second-order valence-corrected chi connectivity index (χ2v) is 4.86. The molecule has 0 aromatic rings. The lowest BCUT2D eigenvalue weighted by molar-refractivity contribution is -0.107. The quantitative estimate of drug-likeness (QED) is 0.230. The molecule has 17 heavy (non-hydrogen) atoms. The summed E-state index contributed by atoms with van der Waals surface area (Å²) in [5.74, 6) is 0. The molecule has 0 spiro atoms. The van der Waals surface area contributed by atoms with E-state index in [1.54, 1.807) is 0 Å². The van der Waals surface area contributed by atoms with Crippen molar-refractivity contribution < 1.29 is 4.79 Å². The number of thiol groups is 1. The normalized spacial score (nSPS) is 8.24. The number of hydrogen-bond donors (Lipinski definition) is 2. The van der Waals surface area contributed by atoms with E-state index < -0.39 is 0 Å². The zero-order chi connectivity index (χ0) is 13.8. The highest BCUT2D eigenvalue weighted by molar-refractivity contribution is 8.68. The topological polar surface area (TPSA) is 29.1 Å². The molecule has 0 aliphatic heterocycles. The molecule has 2 nitrogen and oxygen atoms in total. The minimum Gasteiger partial charge on any atom is -0.316 e. The van der Waals surface area contributed by atoms with Crippen LogP contribution in [-0.2, 0) is 4.79 Å². The zero-order valence-electron chi connectivity index (χ0n) is 11.6. The molecule has 0 aliphatic carbocycles. The number of carbonyl (C=O) groups excluding carboxylic acids is 1. The first-order chi connectivity index (χ1) is 8.24. The Kier molecular flexibility index (Phi) is 39.0. The average Bonchev–Trinajstić information content (AvgIpc) is 2.32. The lowest BCUT2D eigenvalue weighted by Crippen LogP contribution is -2.02. The van der Waals surface area contributed by atoms with Gasteiger partial charge in [0.2, 0.25) is 0 Å².